The molecule has 0 aromatic heterocycles. The van der Waals surface area contributed by atoms with Gasteiger partial charge in [0, 0.05) is 13.6 Å². The predicted molar refractivity (Wildman–Crippen MR) is 72.6 cm³/mol. The summed E-state index contributed by atoms with van der Waals surface area (Å²) in [5, 5.41) is 1.71. The van der Waals surface area contributed by atoms with Gasteiger partial charge in [-0.1, -0.05) is 12.1 Å². The summed E-state index contributed by atoms with van der Waals surface area (Å²) in [5.41, 5.74) is 1.33. The van der Waals surface area contributed by atoms with Gasteiger partial charge in [-0.2, -0.15) is 0 Å². The normalized spacial score (nSPS) is 9.25. The summed E-state index contributed by atoms with van der Waals surface area (Å²) < 4.78 is 5.08. The number of hydrogen-bond acceptors (Lipinski definition) is 3. The van der Waals surface area contributed by atoms with E-state index in [1.807, 2.05) is 19.2 Å². The summed E-state index contributed by atoms with van der Waals surface area (Å²) in [4.78, 5) is 0. The van der Waals surface area contributed by atoms with Crippen molar-refractivity contribution < 1.29 is 4.74 Å². The number of hydrogen-bond donors (Lipinski definition) is 1. The summed E-state index contributed by atoms with van der Waals surface area (Å²) in [6.45, 7) is 0.923. The zero-order valence-electron chi connectivity index (χ0n) is 9.68. The van der Waals surface area contributed by atoms with E-state index < -0.39 is 0 Å². The van der Waals surface area contributed by atoms with Gasteiger partial charge in [0.1, 0.15) is 5.75 Å². The van der Waals surface area contributed by atoms with Gasteiger partial charge >= 0.3 is 0 Å². The molecule has 0 atom stereocenters. The molecule has 0 amide bonds. The van der Waals surface area contributed by atoms with E-state index in [4.69, 9.17) is 10.6 Å². The number of nitrogens with two attached hydrogens (primary N) is 1. The van der Waals surface area contributed by atoms with Crippen molar-refractivity contribution in [2.45, 2.75) is 12.8 Å². The molecule has 0 aliphatic carbocycles. The molecule has 2 N–H and O–H groups in total. The predicted octanol–water partition coefficient (Wildman–Crippen LogP) is 2.28. The minimum Gasteiger partial charge on any atom is -0.497 e. The van der Waals surface area contributed by atoms with Crippen LogP contribution >= 0.6 is 24.8 Å². The van der Waals surface area contributed by atoms with Gasteiger partial charge < -0.3 is 4.74 Å². The van der Waals surface area contributed by atoms with Crippen molar-refractivity contribution in [2.24, 2.45) is 5.84 Å². The van der Waals surface area contributed by atoms with Gasteiger partial charge in [0.05, 0.1) is 7.11 Å². The molecule has 0 bridgehead atoms. The van der Waals surface area contributed by atoms with E-state index in [1.165, 1.54) is 5.56 Å². The first-order valence-corrected chi connectivity index (χ1v) is 4.81. The van der Waals surface area contributed by atoms with E-state index in [2.05, 4.69) is 12.1 Å². The fourth-order valence-electron chi connectivity index (χ4n) is 1.32. The minimum absolute atomic E-state index is 0. The smallest absolute Gasteiger partial charge is 0.118 e. The molecule has 0 unspecified atom stereocenters. The van der Waals surface area contributed by atoms with Crippen LogP contribution in [0, 0.1) is 0 Å². The topological polar surface area (TPSA) is 38.5 Å². The third kappa shape index (κ3) is 6.90. The van der Waals surface area contributed by atoms with Crippen LogP contribution in [0.15, 0.2) is 24.3 Å². The lowest BCUT2D eigenvalue weighted by molar-refractivity contribution is 0.343. The van der Waals surface area contributed by atoms with Crippen LogP contribution in [0.5, 0.6) is 5.75 Å². The van der Waals surface area contributed by atoms with E-state index in [9.17, 15) is 0 Å². The number of halogens is 2. The zero-order chi connectivity index (χ0) is 10.4. The Hall–Kier alpha value is -0.480. The third-order valence-electron chi connectivity index (χ3n) is 2.14. The molecular formula is C11H20Cl2N2O. The van der Waals surface area contributed by atoms with E-state index in [-0.39, 0.29) is 24.8 Å². The van der Waals surface area contributed by atoms with Crippen LogP contribution in [0.25, 0.3) is 0 Å². The highest BCUT2D eigenvalue weighted by Crippen LogP contribution is 2.12. The van der Waals surface area contributed by atoms with Crippen molar-refractivity contribution in [1.29, 1.82) is 0 Å². The Morgan fingerprint density at radius 3 is 2.19 bits per heavy atom. The summed E-state index contributed by atoms with van der Waals surface area (Å²) in [7, 11) is 3.56. The molecule has 1 aromatic rings. The van der Waals surface area contributed by atoms with Gasteiger partial charge in [-0.15, -0.1) is 24.8 Å². The first-order valence-electron chi connectivity index (χ1n) is 4.81. The monoisotopic (exact) mass is 266 g/mol. The van der Waals surface area contributed by atoms with Gasteiger partial charge in [-0.3, -0.25) is 10.9 Å². The van der Waals surface area contributed by atoms with E-state index >= 15 is 0 Å². The highest BCUT2D eigenvalue weighted by molar-refractivity contribution is 5.85. The second kappa shape index (κ2) is 9.73. The highest BCUT2D eigenvalue weighted by Gasteiger charge is 1.95. The molecule has 0 saturated carbocycles. The Morgan fingerprint density at radius 2 is 1.75 bits per heavy atom. The fourth-order valence-corrected chi connectivity index (χ4v) is 1.32. The van der Waals surface area contributed by atoms with Crippen LogP contribution in [-0.4, -0.2) is 25.7 Å². The maximum atomic E-state index is 5.52. The number of hydrazine groups is 1. The molecule has 1 rings (SSSR count). The highest BCUT2D eigenvalue weighted by atomic mass is 35.5. The number of rotatable bonds is 5. The second-order valence-electron chi connectivity index (χ2n) is 3.43. The Balaban J connectivity index is 0. The lowest BCUT2D eigenvalue weighted by Crippen LogP contribution is -2.27. The average molecular weight is 267 g/mol. The van der Waals surface area contributed by atoms with Crippen molar-refractivity contribution >= 4 is 24.8 Å². The van der Waals surface area contributed by atoms with Gasteiger partial charge in [-0.25, -0.2) is 0 Å². The van der Waals surface area contributed by atoms with Crippen LogP contribution in [0.3, 0.4) is 0 Å². The summed E-state index contributed by atoms with van der Waals surface area (Å²) >= 11 is 0. The molecule has 0 fully saturated rings. The molecule has 0 heterocycles. The Bertz CT molecular complexity index is 265. The SMILES string of the molecule is COc1ccc(CCCN(C)N)cc1.Cl.Cl. The third-order valence-corrected chi connectivity index (χ3v) is 2.14. The van der Waals surface area contributed by atoms with Crippen LogP contribution in [0.2, 0.25) is 0 Å². The molecule has 0 saturated heterocycles. The first-order chi connectivity index (χ1) is 6.72. The van der Waals surface area contributed by atoms with Gasteiger partial charge in [0.2, 0.25) is 0 Å². The van der Waals surface area contributed by atoms with Crippen molar-refractivity contribution in [2.75, 3.05) is 20.7 Å². The number of benzene rings is 1. The van der Waals surface area contributed by atoms with Crippen molar-refractivity contribution in [3.63, 3.8) is 0 Å². The number of methoxy groups -OCH3 is 1. The van der Waals surface area contributed by atoms with Gasteiger partial charge in [0.25, 0.3) is 0 Å². The molecule has 1 aromatic carbocycles. The molecule has 0 aliphatic rings. The summed E-state index contributed by atoms with van der Waals surface area (Å²) in [6, 6.07) is 8.16. The van der Waals surface area contributed by atoms with Crippen LogP contribution < -0.4 is 10.6 Å². The van der Waals surface area contributed by atoms with E-state index in [0.717, 1.165) is 25.1 Å². The molecule has 16 heavy (non-hydrogen) atoms. The van der Waals surface area contributed by atoms with Crippen LogP contribution in [-0.2, 0) is 6.42 Å². The lowest BCUT2D eigenvalue weighted by Gasteiger charge is -2.08. The molecule has 0 aliphatic heterocycles. The molecule has 94 valence electrons. The quantitative estimate of drug-likeness (QED) is 0.657. The Morgan fingerprint density at radius 1 is 1.19 bits per heavy atom. The molecule has 3 nitrogen and oxygen atoms in total. The maximum Gasteiger partial charge on any atom is 0.118 e. The fraction of sp³-hybridized carbons (Fsp3) is 0.455. The summed E-state index contributed by atoms with van der Waals surface area (Å²) in [5.74, 6) is 6.42. The van der Waals surface area contributed by atoms with E-state index in [0.29, 0.717) is 0 Å². The summed E-state index contributed by atoms with van der Waals surface area (Å²) in [6.07, 6.45) is 2.14. The maximum absolute atomic E-state index is 5.52. The minimum atomic E-state index is 0. The largest absolute Gasteiger partial charge is 0.497 e. The average Bonchev–Trinajstić information content (AvgIpc) is 2.18. The van der Waals surface area contributed by atoms with E-state index in [1.54, 1.807) is 12.1 Å². The van der Waals surface area contributed by atoms with Crippen molar-refractivity contribution in [3.05, 3.63) is 29.8 Å². The number of ether oxygens (including phenoxy) is 1. The number of aryl methyl sites for hydroxylation is 1. The number of nitrogens with zero attached hydrogens (tertiary/aromatic N) is 1. The first kappa shape index (κ1) is 17.9. The zero-order valence-corrected chi connectivity index (χ0v) is 11.3. The molecule has 0 radical (unpaired) electrons. The second-order valence-corrected chi connectivity index (χ2v) is 3.43. The van der Waals surface area contributed by atoms with Gasteiger partial charge in [0.15, 0.2) is 0 Å². The van der Waals surface area contributed by atoms with Crippen LogP contribution in [0.1, 0.15) is 12.0 Å². The van der Waals surface area contributed by atoms with Crippen molar-refractivity contribution in [3.8, 4) is 5.75 Å². The van der Waals surface area contributed by atoms with Crippen LogP contribution in [0.4, 0.5) is 0 Å². The molecule has 0 spiro atoms. The van der Waals surface area contributed by atoms with Gasteiger partial charge in [-0.05, 0) is 30.5 Å². The Kier molecular flexibility index (Phi) is 10.9. The molecular weight excluding hydrogens is 247 g/mol. The Labute approximate surface area is 110 Å². The molecule has 5 heteroatoms. The lowest BCUT2D eigenvalue weighted by atomic mass is 10.1. The standard InChI is InChI=1S/C11H18N2O.2ClH/c1-13(12)9-3-4-10-5-7-11(14-2)8-6-10;;/h5-8H,3-4,9,12H2,1-2H3;2*1H. The van der Waals surface area contributed by atoms with Crippen molar-refractivity contribution in [1.82, 2.24) is 5.01 Å².